The summed E-state index contributed by atoms with van der Waals surface area (Å²) in [4.78, 5) is 2.56. The van der Waals surface area contributed by atoms with E-state index in [9.17, 15) is 5.11 Å². The summed E-state index contributed by atoms with van der Waals surface area (Å²) >= 11 is 0. The first-order valence-electron chi connectivity index (χ1n) is 8.20. The van der Waals surface area contributed by atoms with Crippen LogP contribution in [0.5, 0.6) is 11.5 Å². The van der Waals surface area contributed by atoms with E-state index < -0.39 is 0 Å². The predicted octanol–water partition coefficient (Wildman–Crippen LogP) is 4.19. The minimum absolute atomic E-state index is 0.378. The van der Waals surface area contributed by atoms with Gasteiger partial charge in [0, 0.05) is 18.2 Å². The highest BCUT2D eigenvalue weighted by Crippen LogP contribution is 2.29. The molecule has 2 rings (SSSR count). The van der Waals surface area contributed by atoms with Crippen molar-refractivity contribution in [3.63, 3.8) is 0 Å². The Hall–Kier alpha value is -1.22. The maximum Gasteiger partial charge on any atom is 0.120 e. The van der Waals surface area contributed by atoms with Crippen LogP contribution in [0.15, 0.2) is 18.2 Å². The van der Waals surface area contributed by atoms with Crippen molar-refractivity contribution in [3.8, 4) is 11.5 Å². The fourth-order valence-electron chi connectivity index (χ4n) is 3.12. The van der Waals surface area contributed by atoms with Gasteiger partial charge in [-0.25, -0.2) is 0 Å². The van der Waals surface area contributed by atoms with Crippen LogP contribution < -0.4 is 4.74 Å². The highest BCUT2D eigenvalue weighted by molar-refractivity contribution is 5.39. The summed E-state index contributed by atoms with van der Waals surface area (Å²) in [5.74, 6) is 1.91. The van der Waals surface area contributed by atoms with Gasteiger partial charge in [-0.05, 0) is 49.9 Å². The number of ether oxygens (including phenoxy) is 1. The molecule has 0 atom stereocenters. The van der Waals surface area contributed by atoms with Crippen molar-refractivity contribution in [3.05, 3.63) is 23.8 Å². The third-order valence-corrected chi connectivity index (χ3v) is 4.49. The molecule has 1 aliphatic rings. The quantitative estimate of drug-likeness (QED) is 0.817. The van der Waals surface area contributed by atoms with Crippen LogP contribution >= 0.6 is 0 Å². The lowest BCUT2D eigenvalue weighted by Crippen LogP contribution is -2.34. The van der Waals surface area contributed by atoms with Crippen molar-refractivity contribution in [2.24, 2.45) is 5.92 Å². The summed E-state index contributed by atoms with van der Waals surface area (Å²) < 4.78 is 5.29. The standard InChI is InChI=1S/C18H29NO2/c1-14(2)10-11-19(16-6-4-5-7-16)13-15-12-17(21-3)8-9-18(15)20/h8-9,12,14,16,20H,4-7,10-11,13H2,1-3H3. The maximum atomic E-state index is 10.1. The van der Waals surface area contributed by atoms with Crippen molar-refractivity contribution < 1.29 is 9.84 Å². The molecule has 0 saturated heterocycles. The molecule has 0 spiro atoms. The molecule has 3 heteroatoms. The number of methoxy groups -OCH3 is 1. The summed E-state index contributed by atoms with van der Waals surface area (Å²) in [6.07, 6.45) is 6.48. The second-order valence-electron chi connectivity index (χ2n) is 6.59. The topological polar surface area (TPSA) is 32.7 Å². The Balaban J connectivity index is 2.09. The predicted molar refractivity (Wildman–Crippen MR) is 86.8 cm³/mol. The Morgan fingerprint density at radius 3 is 2.62 bits per heavy atom. The highest BCUT2D eigenvalue weighted by atomic mass is 16.5. The molecule has 21 heavy (non-hydrogen) atoms. The highest BCUT2D eigenvalue weighted by Gasteiger charge is 2.23. The zero-order chi connectivity index (χ0) is 15.2. The number of benzene rings is 1. The Morgan fingerprint density at radius 2 is 2.00 bits per heavy atom. The van der Waals surface area contributed by atoms with Crippen molar-refractivity contribution in [1.29, 1.82) is 0 Å². The monoisotopic (exact) mass is 291 g/mol. The summed E-state index contributed by atoms with van der Waals surface area (Å²) in [5.41, 5.74) is 0.977. The number of hydrogen-bond donors (Lipinski definition) is 1. The van der Waals surface area contributed by atoms with Gasteiger partial charge in [-0.3, -0.25) is 4.90 Å². The first-order valence-corrected chi connectivity index (χ1v) is 8.20. The van der Waals surface area contributed by atoms with E-state index in [4.69, 9.17) is 4.74 Å². The zero-order valence-corrected chi connectivity index (χ0v) is 13.6. The molecule has 3 nitrogen and oxygen atoms in total. The summed E-state index contributed by atoms with van der Waals surface area (Å²) in [6, 6.07) is 6.19. The Kier molecular flexibility index (Phi) is 5.92. The Bertz CT molecular complexity index is 439. The summed E-state index contributed by atoms with van der Waals surface area (Å²) in [6.45, 7) is 6.48. The molecule has 0 aromatic heterocycles. The molecular formula is C18H29NO2. The van der Waals surface area contributed by atoms with E-state index in [1.165, 1.54) is 32.1 Å². The number of hydrogen-bond acceptors (Lipinski definition) is 3. The van der Waals surface area contributed by atoms with Crippen LogP contribution in [-0.4, -0.2) is 29.7 Å². The average Bonchev–Trinajstić information content (AvgIpc) is 2.99. The fraction of sp³-hybridized carbons (Fsp3) is 0.667. The minimum atomic E-state index is 0.378. The number of phenolic OH excluding ortho intramolecular Hbond substituents is 1. The lowest BCUT2D eigenvalue weighted by molar-refractivity contribution is 0.177. The third-order valence-electron chi connectivity index (χ3n) is 4.49. The van der Waals surface area contributed by atoms with E-state index in [1.54, 1.807) is 13.2 Å². The first-order chi connectivity index (χ1) is 10.1. The van der Waals surface area contributed by atoms with E-state index in [1.807, 2.05) is 12.1 Å². The van der Waals surface area contributed by atoms with Crippen LogP contribution in [0.2, 0.25) is 0 Å². The van der Waals surface area contributed by atoms with Gasteiger partial charge in [-0.15, -0.1) is 0 Å². The largest absolute Gasteiger partial charge is 0.508 e. The average molecular weight is 291 g/mol. The fourth-order valence-corrected chi connectivity index (χ4v) is 3.12. The molecule has 0 amide bonds. The SMILES string of the molecule is COc1ccc(O)c(CN(CCC(C)C)C2CCCC2)c1. The molecule has 0 bridgehead atoms. The van der Waals surface area contributed by atoms with Crippen LogP contribution in [0.1, 0.15) is 51.5 Å². The number of aromatic hydroxyl groups is 1. The molecule has 1 saturated carbocycles. The molecule has 0 unspecified atom stereocenters. The van der Waals surface area contributed by atoms with Crippen LogP contribution in [-0.2, 0) is 6.54 Å². The molecule has 1 aromatic rings. The maximum absolute atomic E-state index is 10.1. The second kappa shape index (κ2) is 7.69. The molecule has 0 aliphatic heterocycles. The first kappa shape index (κ1) is 16.2. The van der Waals surface area contributed by atoms with Gasteiger partial charge in [0.25, 0.3) is 0 Å². The van der Waals surface area contributed by atoms with Crippen molar-refractivity contribution in [1.82, 2.24) is 4.90 Å². The Morgan fingerprint density at radius 1 is 1.29 bits per heavy atom. The van der Waals surface area contributed by atoms with E-state index in [0.29, 0.717) is 17.7 Å². The van der Waals surface area contributed by atoms with E-state index in [2.05, 4.69) is 18.7 Å². The molecule has 0 radical (unpaired) electrons. The van der Waals surface area contributed by atoms with E-state index in [-0.39, 0.29) is 0 Å². The molecule has 0 heterocycles. The smallest absolute Gasteiger partial charge is 0.120 e. The van der Waals surface area contributed by atoms with Gasteiger partial charge in [0.05, 0.1) is 7.11 Å². The van der Waals surface area contributed by atoms with E-state index in [0.717, 1.165) is 24.4 Å². The lowest BCUT2D eigenvalue weighted by Gasteiger charge is -2.30. The van der Waals surface area contributed by atoms with Crippen molar-refractivity contribution in [2.45, 2.75) is 58.5 Å². The normalized spacial score (nSPS) is 16.0. The van der Waals surface area contributed by atoms with Crippen LogP contribution in [0.4, 0.5) is 0 Å². The third kappa shape index (κ3) is 4.63. The van der Waals surface area contributed by atoms with Crippen LogP contribution in [0.25, 0.3) is 0 Å². The zero-order valence-electron chi connectivity index (χ0n) is 13.6. The molecule has 1 N–H and O–H groups in total. The molecule has 1 fully saturated rings. The Labute approximate surface area is 128 Å². The van der Waals surface area contributed by atoms with Gasteiger partial charge in [0.1, 0.15) is 11.5 Å². The molecule has 1 aliphatic carbocycles. The van der Waals surface area contributed by atoms with Gasteiger partial charge < -0.3 is 9.84 Å². The van der Waals surface area contributed by atoms with E-state index >= 15 is 0 Å². The van der Waals surface area contributed by atoms with Gasteiger partial charge in [-0.1, -0.05) is 26.7 Å². The molecular weight excluding hydrogens is 262 g/mol. The van der Waals surface area contributed by atoms with Gasteiger partial charge >= 0.3 is 0 Å². The summed E-state index contributed by atoms with van der Waals surface area (Å²) in [5, 5.41) is 10.1. The van der Waals surface area contributed by atoms with Gasteiger partial charge in [0.15, 0.2) is 0 Å². The van der Waals surface area contributed by atoms with Crippen LogP contribution in [0.3, 0.4) is 0 Å². The van der Waals surface area contributed by atoms with Gasteiger partial charge in [-0.2, -0.15) is 0 Å². The second-order valence-corrected chi connectivity index (χ2v) is 6.59. The molecule has 1 aromatic carbocycles. The number of phenols is 1. The number of rotatable bonds is 7. The van der Waals surface area contributed by atoms with Gasteiger partial charge in [0.2, 0.25) is 0 Å². The van der Waals surface area contributed by atoms with Crippen molar-refractivity contribution in [2.75, 3.05) is 13.7 Å². The number of nitrogens with zero attached hydrogens (tertiary/aromatic N) is 1. The van der Waals surface area contributed by atoms with Crippen molar-refractivity contribution >= 4 is 0 Å². The molecule has 118 valence electrons. The summed E-state index contributed by atoms with van der Waals surface area (Å²) in [7, 11) is 1.67. The lowest BCUT2D eigenvalue weighted by atomic mass is 10.1. The van der Waals surface area contributed by atoms with Crippen LogP contribution in [0, 0.1) is 5.92 Å². The minimum Gasteiger partial charge on any atom is -0.508 e.